The molecule has 1 aliphatic rings. The molecule has 0 fully saturated rings. The molecule has 2 aromatic rings. The molecule has 1 atom stereocenters. The number of ether oxygens (including phenoxy) is 2. The van der Waals surface area contributed by atoms with E-state index in [9.17, 15) is 10.1 Å². The van der Waals surface area contributed by atoms with Gasteiger partial charge in [-0.3, -0.25) is 0 Å². The lowest BCUT2D eigenvalue weighted by atomic mass is 9.82. The lowest BCUT2D eigenvalue weighted by Crippen LogP contribution is -2.25. The van der Waals surface area contributed by atoms with Crippen LogP contribution in [-0.4, -0.2) is 12.6 Å². The smallest absolute Gasteiger partial charge is 0.338 e. The molecule has 29 heavy (non-hydrogen) atoms. The number of esters is 1. The molecular weight excluding hydrogens is 411 g/mol. The Labute approximate surface area is 178 Å². The molecule has 0 spiro atoms. The van der Waals surface area contributed by atoms with Crippen LogP contribution in [0.15, 0.2) is 65.3 Å². The Hall–Kier alpha value is -2.94. The summed E-state index contributed by atoms with van der Waals surface area (Å²) in [5.41, 5.74) is 8.87. The second-order valence-electron chi connectivity index (χ2n) is 6.37. The third-order valence-corrected chi connectivity index (χ3v) is 5.34. The largest absolute Gasteiger partial charge is 0.463 e. The van der Waals surface area contributed by atoms with E-state index in [4.69, 9.17) is 38.4 Å². The number of nitriles is 1. The quantitative estimate of drug-likeness (QED) is 0.667. The standard InChI is InChI=1S/C22H18Cl2N2O3/c1-3-28-22(27)19-12(2)29-21(26)16(11-25)20(19)14-6-4-13(5-7-14)15-8-9-17(23)18(24)10-15/h4-10,20H,3,26H2,1-2H3. The van der Waals surface area contributed by atoms with Gasteiger partial charge in [0.1, 0.15) is 17.4 Å². The summed E-state index contributed by atoms with van der Waals surface area (Å²) in [7, 11) is 0. The zero-order chi connectivity index (χ0) is 21.1. The highest BCUT2D eigenvalue weighted by atomic mass is 35.5. The van der Waals surface area contributed by atoms with Gasteiger partial charge in [-0.2, -0.15) is 5.26 Å². The van der Waals surface area contributed by atoms with E-state index in [1.165, 1.54) is 0 Å². The summed E-state index contributed by atoms with van der Waals surface area (Å²) in [6, 6.07) is 14.9. The number of rotatable bonds is 4. The van der Waals surface area contributed by atoms with Crippen LogP contribution in [0.1, 0.15) is 25.3 Å². The van der Waals surface area contributed by atoms with Gasteiger partial charge in [-0.05, 0) is 42.7 Å². The van der Waals surface area contributed by atoms with Gasteiger partial charge in [0.15, 0.2) is 0 Å². The summed E-state index contributed by atoms with van der Waals surface area (Å²) in [6.07, 6.45) is 0. The van der Waals surface area contributed by atoms with E-state index in [1.807, 2.05) is 30.3 Å². The Balaban J connectivity index is 2.05. The minimum absolute atomic E-state index is 0.0170. The van der Waals surface area contributed by atoms with Crippen molar-refractivity contribution in [1.82, 2.24) is 0 Å². The van der Waals surface area contributed by atoms with E-state index in [2.05, 4.69) is 6.07 Å². The number of nitrogens with two attached hydrogens (primary N) is 1. The minimum atomic E-state index is -0.671. The number of allylic oxidation sites excluding steroid dienone is 2. The first-order valence-corrected chi connectivity index (χ1v) is 9.63. The number of carbonyl (C=O) groups excluding carboxylic acids is 1. The summed E-state index contributed by atoms with van der Waals surface area (Å²) >= 11 is 12.1. The van der Waals surface area contributed by atoms with Crippen LogP contribution in [0.3, 0.4) is 0 Å². The van der Waals surface area contributed by atoms with Crippen LogP contribution < -0.4 is 5.73 Å². The van der Waals surface area contributed by atoms with E-state index in [0.717, 1.165) is 16.7 Å². The Morgan fingerprint density at radius 1 is 1.17 bits per heavy atom. The average Bonchev–Trinajstić information content (AvgIpc) is 2.70. The number of halogens is 2. The Bertz CT molecular complexity index is 1070. The van der Waals surface area contributed by atoms with Crippen LogP contribution in [0.2, 0.25) is 10.0 Å². The van der Waals surface area contributed by atoms with Gasteiger partial charge in [-0.1, -0.05) is 53.5 Å². The van der Waals surface area contributed by atoms with Crippen LogP contribution in [-0.2, 0) is 14.3 Å². The van der Waals surface area contributed by atoms with Crippen molar-refractivity contribution < 1.29 is 14.3 Å². The monoisotopic (exact) mass is 428 g/mol. The normalized spacial score (nSPS) is 16.3. The Morgan fingerprint density at radius 2 is 1.83 bits per heavy atom. The first-order chi connectivity index (χ1) is 13.9. The van der Waals surface area contributed by atoms with Crippen LogP contribution in [0.4, 0.5) is 0 Å². The molecule has 2 aromatic carbocycles. The molecule has 3 rings (SSSR count). The minimum Gasteiger partial charge on any atom is -0.463 e. The summed E-state index contributed by atoms with van der Waals surface area (Å²) in [6.45, 7) is 3.55. The fourth-order valence-corrected chi connectivity index (χ4v) is 3.53. The van der Waals surface area contributed by atoms with Crippen LogP contribution in [0.25, 0.3) is 11.1 Å². The number of carbonyl (C=O) groups is 1. The van der Waals surface area contributed by atoms with Gasteiger partial charge in [-0.25, -0.2) is 4.79 Å². The van der Waals surface area contributed by atoms with Crippen molar-refractivity contribution in [3.05, 3.63) is 80.9 Å². The van der Waals surface area contributed by atoms with Gasteiger partial charge in [-0.15, -0.1) is 0 Å². The van der Waals surface area contributed by atoms with E-state index >= 15 is 0 Å². The number of hydrogen-bond acceptors (Lipinski definition) is 5. The summed E-state index contributed by atoms with van der Waals surface area (Å²) < 4.78 is 10.6. The lowest BCUT2D eigenvalue weighted by molar-refractivity contribution is -0.139. The van der Waals surface area contributed by atoms with Crippen molar-refractivity contribution >= 4 is 29.2 Å². The van der Waals surface area contributed by atoms with E-state index < -0.39 is 11.9 Å². The van der Waals surface area contributed by atoms with Gasteiger partial charge in [0.2, 0.25) is 5.88 Å². The highest BCUT2D eigenvalue weighted by Gasteiger charge is 2.36. The molecule has 1 unspecified atom stereocenters. The second-order valence-corrected chi connectivity index (χ2v) is 7.18. The Kier molecular flexibility index (Phi) is 6.17. The number of nitrogens with zero attached hydrogens (tertiary/aromatic N) is 1. The molecule has 0 saturated heterocycles. The maximum atomic E-state index is 12.6. The third-order valence-electron chi connectivity index (χ3n) is 4.60. The SMILES string of the molecule is CCOC(=O)C1=C(C)OC(N)=C(C#N)C1c1ccc(-c2ccc(Cl)c(Cl)c2)cc1. The fourth-order valence-electron chi connectivity index (χ4n) is 3.23. The van der Waals surface area contributed by atoms with Gasteiger partial charge in [0.25, 0.3) is 0 Å². The predicted molar refractivity (Wildman–Crippen MR) is 112 cm³/mol. The van der Waals surface area contributed by atoms with Crippen LogP contribution >= 0.6 is 23.2 Å². The van der Waals surface area contributed by atoms with Gasteiger partial charge in [0.05, 0.1) is 28.1 Å². The van der Waals surface area contributed by atoms with E-state index in [1.54, 1.807) is 26.0 Å². The van der Waals surface area contributed by atoms with E-state index in [0.29, 0.717) is 15.8 Å². The average molecular weight is 429 g/mol. The van der Waals surface area contributed by atoms with Crippen molar-refractivity contribution in [1.29, 1.82) is 5.26 Å². The van der Waals surface area contributed by atoms with Crippen molar-refractivity contribution in [3.63, 3.8) is 0 Å². The van der Waals surface area contributed by atoms with Crippen LogP contribution in [0, 0.1) is 11.3 Å². The summed E-state index contributed by atoms with van der Waals surface area (Å²) in [4.78, 5) is 12.6. The lowest BCUT2D eigenvalue weighted by Gasteiger charge is -2.27. The maximum Gasteiger partial charge on any atom is 0.338 e. The number of hydrogen-bond donors (Lipinski definition) is 1. The Morgan fingerprint density at radius 3 is 2.41 bits per heavy atom. The fraction of sp³-hybridized carbons (Fsp3) is 0.182. The highest BCUT2D eigenvalue weighted by molar-refractivity contribution is 6.42. The first kappa shape index (κ1) is 20.8. The number of benzene rings is 2. The van der Waals surface area contributed by atoms with Gasteiger partial charge < -0.3 is 15.2 Å². The summed E-state index contributed by atoms with van der Waals surface area (Å²) in [5, 5.41) is 10.6. The predicted octanol–water partition coefficient (Wildman–Crippen LogP) is 5.31. The third kappa shape index (κ3) is 4.09. The van der Waals surface area contributed by atoms with Gasteiger partial charge in [0, 0.05) is 0 Å². The molecule has 148 valence electrons. The molecule has 0 aliphatic carbocycles. The van der Waals surface area contributed by atoms with Crippen molar-refractivity contribution in [2.75, 3.05) is 6.61 Å². The molecular formula is C22H18Cl2N2O3. The molecule has 7 heteroatoms. The molecule has 0 amide bonds. The topological polar surface area (TPSA) is 85.3 Å². The second kappa shape index (κ2) is 8.60. The molecule has 2 N–H and O–H groups in total. The molecule has 1 heterocycles. The van der Waals surface area contributed by atoms with Crippen molar-refractivity contribution in [2.24, 2.45) is 5.73 Å². The molecule has 1 aliphatic heterocycles. The maximum absolute atomic E-state index is 12.6. The molecule has 0 bridgehead atoms. The molecule has 0 saturated carbocycles. The zero-order valence-electron chi connectivity index (χ0n) is 15.8. The molecule has 0 aromatic heterocycles. The first-order valence-electron chi connectivity index (χ1n) is 8.88. The van der Waals surface area contributed by atoms with E-state index in [-0.39, 0.29) is 23.6 Å². The van der Waals surface area contributed by atoms with Gasteiger partial charge >= 0.3 is 5.97 Å². The highest BCUT2D eigenvalue weighted by Crippen LogP contribution is 2.40. The van der Waals surface area contributed by atoms with Crippen molar-refractivity contribution in [2.45, 2.75) is 19.8 Å². The molecule has 0 radical (unpaired) electrons. The van der Waals surface area contributed by atoms with Crippen molar-refractivity contribution in [3.8, 4) is 17.2 Å². The molecule has 5 nitrogen and oxygen atoms in total. The summed E-state index contributed by atoms with van der Waals surface area (Å²) in [5.74, 6) is -0.908. The zero-order valence-corrected chi connectivity index (χ0v) is 17.3. The van der Waals surface area contributed by atoms with Crippen LogP contribution in [0.5, 0.6) is 0 Å².